The van der Waals surface area contributed by atoms with Crippen molar-refractivity contribution in [3.8, 4) is 0 Å². The molecule has 0 saturated carbocycles. The fraction of sp³-hybridized carbons (Fsp3) is 0.214. The topological polar surface area (TPSA) is 30.2 Å². The number of aryl methyl sites for hydroxylation is 1. The predicted octanol–water partition coefficient (Wildman–Crippen LogP) is 4.06. The van der Waals surface area contributed by atoms with Crippen molar-refractivity contribution in [2.45, 2.75) is 19.8 Å². The number of carbonyl (C=O) groups excluding carboxylic acids is 1. The summed E-state index contributed by atoms with van der Waals surface area (Å²) in [5.41, 5.74) is 0.318. The number of rotatable bonds is 4. The SMILES string of the molecule is CCc1ccc(C(=O)Cc2ccc(Cl)cc2F)o1. The molecule has 2 rings (SSSR count). The molecule has 4 heteroatoms. The molecule has 0 N–H and O–H groups in total. The van der Waals surface area contributed by atoms with Crippen LogP contribution in [-0.4, -0.2) is 5.78 Å². The Labute approximate surface area is 109 Å². The minimum atomic E-state index is -0.474. The van der Waals surface area contributed by atoms with Gasteiger partial charge in [-0.1, -0.05) is 24.6 Å². The summed E-state index contributed by atoms with van der Waals surface area (Å²) in [6.07, 6.45) is 0.697. The normalized spacial score (nSPS) is 10.6. The Kier molecular flexibility index (Phi) is 3.82. The van der Waals surface area contributed by atoms with Gasteiger partial charge in [0.15, 0.2) is 5.76 Å². The van der Waals surface area contributed by atoms with Crippen LogP contribution >= 0.6 is 11.6 Å². The van der Waals surface area contributed by atoms with Crippen molar-refractivity contribution < 1.29 is 13.6 Å². The average molecular weight is 267 g/mol. The minimum Gasteiger partial charge on any atom is -0.458 e. The van der Waals surface area contributed by atoms with Crippen molar-refractivity contribution in [3.63, 3.8) is 0 Å². The van der Waals surface area contributed by atoms with Gasteiger partial charge >= 0.3 is 0 Å². The number of halogens is 2. The van der Waals surface area contributed by atoms with E-state index in [0.29, 0.717) is 10.6 Å². The van der Waals surface area contributed by atoms with Crippen LogP contribution in [0.25, 0.3) is 0 Å². The van der Waals surface area contributed by atoms with E-state index in [9.17, 15) is 9.18 Å². The first-order valence-electron chi connectivity index (χ1n) is 5.66. The van der Waals surface area contributed by atoms with E-state index in [1.807, 2.05) is 6.92 Å². The van der Waals surface area contributed by atoms with Gasteiger partial charge in [0.1, 0.15) is 11.6 Å². The molecule has 0 atom stereocenters. The lowest BCUT2D eigenvalue weighted by Gasteiger charge is -2.01. The van der Waals surface area contributed by atoms with E-state index in [1.165, 1.54) is 12.1 Å². The van der Waals surface area contributed by atoms with Gasteiger partial charge < -0.3 is 4.42 Å². The number of Topliss-reactive ketones (excluding diaryl/α,β-unsaturated/α-hetero) is 1. The highest BCUT2D eigenvalue weighted by molar-refractivity contribution is 6.30. The summed E-state index contributed by atoms with van der Waals surface area (Å²) < 4.78 is 18.9. The summed E-state index contributed by atoms with van der Waals surface area (Å²) in [6, 6.07) is 7.65. The summed E-state index contributed by atoms with van der Waals surface area (Å²) in [6.45, 7) is 1.94. The van der Waals surface area contributed by atoms with Gasteiger partial charge in [0.25, 0.3) is 0 Å². The maximum absolute atomic E-state index is 13.5. The number of hydrogen-bond acceptors (Lipinski definition) is 2. The second-order valence-electron chi connectivity index (χ2n) is 3.96. The molecule has 0 unspecified atom stereocenters. The fourth-order valence-corrected chi connectivity index (χ4v) is 1.80. The Balaban J connectivity index is 2.16. The van der Waals surface area contributed by atoms with Crippen molar-refractivity contribution in [1.29, 1.82) is 0 Å². The largest absolute Gasteiger partial charge is 0.458 e. The van der Waals surface area contributed by atoms with Gasteiger partial charge in [0, 0.05) is 17.9 Å². The lowest BCUT2D eigenvalue weighted by atomic mass is 10.1. The highest BCUT2D eigenvalue weighted by atomic mass is 35.5. The zero-order valence-corrected chi connectivity index (χ0v) is 10.6. The van der Waals surface area contributed by atoms with E-state index < -0.39 is 5.82 Å². The average Bonchev–Trinajstić information content (AvgIpc) is 2.81. The van der Waals surface area contributed by atoms with E-state index in [1.54, 1.807) is 18.2 Å². The van der Waals surface area contributed by atoms with Crippen LogP contribution in [0.3, 0.4) is 0 Å². The first-order chi connectivity index (χ1) is 8.60. The van der Waals surface area contributed by atoms with Crippen LogP contribution in [0.5, 0.6) is 0 Å². The second-order valence-corrected chi connectivity index (χ2v) is 4.39. The Morgan fingerprint density at radius 3 is 2.72 bits per heavy atom. The number of hydrogen-bond donors (Lipinski definition) is 0. The van der Waals surface area contributed by atoms with Gasteiger partial charge in [-0.15, -0.1) is 0 Å². The quantitative estimate of drug-likeness (QED) is 0.781. The van der Waals surface area contributed by atoms with Crippen LogP contribution in [0.15, 0.2) is 34.7 Å². The Bertz CT molecular complexity index is 575. The molecule has 0 aliphatic heterocycles. The molecule has 1 aromatic carbocycles. The monoisotopic (exact) mass is 266 g/mol. The smallest absolute Gasteiger partial charge is 0.202 e. The molecule has 0 aliphatic carbocycles. The van der Waals surface area contributed by atoms with Crippen LogP contribution in [0, 0.1) is 5.82 Å². The molecule has 94 valence electrons. The van der Waals surface area contributed by atoms with Gasteiger partial charge in [0.2, 0.25) is 5.78 Å². The van der Waals surface area contributed by atoms with Crippen LogP contribution < -0.4 is 0 Å². The number of carbonyl (C=O) groups is 1. The van der Waals surface area contributed by atoms with E-state index >= 15 is 0 Å². The summed E-state index contributed by atoms with van der Waals surface area (Å²) in [5, 5.41) is 0.315. The molecular weight excluding hydrogens is 255 g/mol. The van der Waals surface area contributed by atoms with Gasteiger partial charge in [-0.3, -0.25) is 4.79 Å². The standard InChI is InChI=1S/C14H12ClFO2/c1-2-11-5-6-14(18-11)13(17)7-9-3-4-10(15)8-12(9)16/h3-6,8H,2,7H2,1H3. The first-order valence-corrected chi connectivity index (χ1v) is 6.03. The summed E-state index contributed by atoms with van der Waals surface area (Å²) >= 11 is 5.65. The van der Waals surface area contributed by atoms with Crippen molar-refractivity contribution in [3.05, 3.63) is 58.3 Å². The van der Waals surface area contributed by atoms with E-state index in [-0.39, 0.29) is 18.0 Å². The van der Waals surface area contributed by atoms with E-state index in [0.717, 1.165) is 12.2 Å². The highest BCUT2D eigenvalue weighted by Gasteiger charge is 2.14. The zero-order valence-electron chi connectivity index (χ0n) is 9.87. The molecule has 0 fully saturated rings. The Morgan fingerprint density at radius 2 is 2.11 bits per heavy atom. The molecule has 0 radical (unpaired) electrons. The van der Waals surface area contributed by atoms with Crippen molar-refractivity contribution in [2.75, 3.05) is 0 Å². The van der Waals surface area contributed by atoms with Crippen LogP contribution in [0.2, 0.25) is 5.02 Å². The van der Waals surface area contributed by atoms with Gasteiger partial charge in [-0.05, 0) is 29.8 Å². The van der Waals surface area contributed by atoms with Gasteiger partial charge in [-0.2, -0.15) is 0 Å². The van der Waals surface area contributed by atoms with Gasteiger partial charge in [-0.25, -0.2) is 4.39 Å². The molecule has 0 bridgehead atoms. The molecule has 1 heterocycles. The number of furan rings is 1. The highest BCUT2D eigenvalue weighted by Crippen LogP contribution is 2.17. The van der Waals surface area contributed by atoms with E-state index in [2.05, 4.69) is 0 Å². The molecular formula is C14H12ClFO2. The predicted molar refractivity (Wildman–Crippen MR) is 67.5 cm³/mol. The Hall–Kier alpha value is -1.61. The first kappa shape index (κ1) is 12.8. The minimum absolute atomic E-state index is 0.0281. The van der Waals surface area contributed by atoms with Crippen LogP contribution in [-0.2, 0) is 12.8 Å². The molecule has 0 aliphatic rings. The summed E-state index contributed by atoms with van der Waals surface area (Å²) in [5.74, 6) is 0.296. The summed E-state index contributed by atoms with van der Waals surface area (Å²) in [7, 11) is 0. The zero-order chi connectivity index (χ0) is 13.1. The lowest BCUT2D eigenvalue weighted by Crippen LogP contribution is -2.04. The summed E-state index contributed by atoms with van der Waals surface area (Å²) in [4.78, 5) is 11.9. The third kappa shape index (κ3) is 2.79. The molecule has 2 nitrogen and oxygen atoms in total. The molecule has 0 spiro atoms. The Morgan fingerprint density at radius 1 is 1.33 bits per heavy atom. The molecule has 1 aromatic heterocycles. The maximum Gasteiger partial charge on any atom is 0.202 e. The van der Waals surface area contributed by atoms with Gasteiger partial charge in [0.05, 0.1) is 0 Å². The molecule has 0 amide bonds. The third-order valence-electron chi connectivity index (χ3n) is 2.65. The van der Waals surface area contributed by atoms with Crippen molar-refractivity contribution in [2.24, 2.45) is 0 Å². The van der Waals surface area contributed by atoms with E-state index in [4.69, 9.17) is 16.0 Å². The number of ketones is 1. The molecule has 0 saturated heterocycles. The van der Waals surface area contributed by atoms with Crippen molar-refractivity contribution >= 4 is 17.4 Å². The maximum atomic E-state index is 13.5. The lowest BCUT2D eigenvalue weighted by molar-refractivity contribution is 0.0963. The fourth-order valence-electron chi connectivity index (χ4n) is 1.64. The third-order valence-corrected chi connectivity index (χ3v) is 2.89. The second kappa shape index (κ2) is 5.36. The molecule has 18 heavy (non-hydrogen) atoms. The van der Waals surface area contributed by atoms with Crippen LogP contribution in [0.1, 0.15) is 28.8 Å². The van der Waals surface area contributed by atoms with Crippen LogP contribution in [0.4, 0.5) is 4.39 Å². The molecule has 2 aromatic rings. The van der Waals surface area contributed by atoms with Crippen molar-refractivity contribution in [1.82, 2.24) is 0 Å². The number of benzene rings is 1.